The van der Waals surface area contributed by atoms with Crippen molar-refractivity contribution >= 4 is 23.8 Å². The number of amides is 2. The van der Waals surface area contributed by atoms with Crippen LogP contribution in [0.5, 0.6) is 0 Å². The van der Waals surface area contributed by atoms with Crippen LogP contribution in [0.25, 0.3) is 11.1 Å². The first-order valence-corrected chi connectivity index (χ1v) is 14.3. The molecule has 6 nitrogen and oxygen atoms in total. The van der Waals surface area contributed by atoms with E-state index >= 15 is 0 Å². The molecule has 5 rings (SSSR count). The zero-order valence-electron chi connectivity index (χ0n) is 23.6. The van der Waals surface area contributed by atoms with Crippen LogP contribution in [-0.4, -0.2) is 53.8 Å². The third kappa shape index (κ3) is 5.83. The van der Waals surface area contributed by atoms with Crippen molar-refractivity contribution in [2.24, 2.45) is 5.92 Å². The lowest BCUT2D eigenvalue weighted by Gasteiger charge is -2.43. The van der Waals surface area contributed by atoms with Crippen molar-refractivity contribution in [1.82, 2.24) is 9.80 Å². The summed E-state index contributed by atoms with van der Waals surface area (Å²) in [4.78, 5) is 30.3. The van der Waals surface area contributed by atoms with E-state index in [9.17, 15) is 9.59 Å². The van der Waals surface area contributed by atoms with Gasteiger partial charge in [0.2, 0.25) is 0 Å². The SMILES string of the molecule is COC(=O)N(C1c2ccccc2-c2ccccc21)C(Cc1cccc(Cl)c1)C1CCN(C(=O)OC(C)(C)C)CC1. The number of ether oxygens (including phenoxy) is 2. The number of rotatable bonds is 5. The zero-order valence-corrected chi connectivity index (χ0v) is 24.4. The Balaban J connectivity index is 1.52. The van der Waals surface area contributed by atoms with Gasteiger partial charge in [-0.25, -0.2) is 9.59 Å². The maximum Gasteiger partial charge on any atom is 0.410 e. The highest BCUT2D eigenvalue weighted by atomic mass is 35.5. The van der Waals surface area contributed by atoms with Gasteiger partial charge in [-0.05, 0) is 85.9 Å². The Hall–Kier alpha value is -3.51. The van der Waals surface area contributed by atoms with Gasteiger partial charge in [0.05, 0.1) is 13.2 Å². The van der Waals surface area contributed by atoms with Gasteiger partial charge in [0, 0.05) is 24.2 Å². The van der Waals surface area contributed by atoms with Crippen LogP contribution in [0, 0.1) is 5.92 Å². The van der Waals surface area contributed by atoms with Crippen molar-refractivity contribution < 1.29 is 19.1 Å². The van der Waals surface area contributed by atoms with Crippen LogP contribution in [0.15, 0.2) is 72.8 Å². The summed E-state index contributed by atoms with van der Waals surface area (Å²) in [5.41, 5.74) is 4.97. The zero-order chi connectivity index (χ0) is 28.4. The Kier molecular flexibility index (Phi) is 8.09. The first-order valence-electron chi connectivity index (χ1n) is 13.9. The molecular weight excluding hydrogens is 524 g/mol. The summed E-state index contributed by atoms with van der Waals surface area (Å²) in [6.07, 6.45) is 1.45. The minimum absolute atomic E-state index is 0.136. The van der Waals surface area contributed by atoms with E-state index in [0.717, 1.165) is 40.7 Å². The number of nitrogens with zero attached hydrogens (tertiary/aromatic N) is 2. The van der Waals surface area contributed by atoms with Crippen molar-refractivity contribution in [3.05, 3.63) is 94.5 Å². The summed E-state index contributed by atoms with van der Waals surface area (Å²) in [6.45, 7) is 6.77. The van der Waals surface area contributed by atoms with Gasteiger partial charge in [-0.2, -0.15) is 0 Å². The average Bonchev–Trinajstić information content (AvgIpc) is 3.26. The summed E-state index contributed by atoms with van der Waals surface area (Å²) < 4.78 is 11.1. The van der Waals surface area contributed by atoms with Gasteiger partial charge < -0.3 is 14.4 Å². The predicted octanol–water partition coefficient (Wildman–Crippen LogP) is 7.74. The maximum atomic E-state index is 13.8. The third-order valence-electron chi connectivity index (χ3n) is 7.89. The molecule has 1 fully saturated rings. The van der Waals surface area contributed by atoms with Crippen molar-refractivity contribution in [3.8, 4) is 11.1 Å². The minimum Gasteiger partial charge on any atom is -0.453 e. The van der Waals surface area contributed by atoms with Crippen LogP contribution in [-0.2, 0) is 15.9 Å². The first-order chi connectivity index (χ1) is 19.2. The van der Waals surface area contributed by atoms with Crippen molar-refractivity contribution in [1.29, 1.82) is 0 Å². The van der Waals surface area contributed by atoms with Gasteiger partial charge in [0.15, 0.2) is 0 Å². The minimum atomic E-state index is -0.548. The number of fused-ring (bicyclic) bond motifs is 3. The quantitative estimate of drug-likeness (QED) is 0.320. The summed E-state index contributed by atoms with van der Waals surface area (Å²) >= 11 is 6.39. The van der Waals surface area contributed by atoms with Gasteiger partial charge in [-0.1, -0.05) is 72.3 Å². The number of benzene rings is 3. The summed E-state index contributed by atoms with van der Waals surface area (Å²) in [6, 6.07) is 24.0. The lowest BCUT2D eigenvalue weighted by Crippen LogP contribution is -2.51. The molecule has 1 aliphatic heterocycles. The Labute approximate surface area is 241 Å². The summed E-state index contributed by atoms with van der Waals surface area (Å²) in [7, 11) is 1.45. The Morgan fingerprint density at radius 3 is 2.10 bits per heavy atom. The molecule has 3 aromatic rings. The first kappa shape index (κ1) is 28.0. The number of halogens is 1. The van der Waals surface area contributed by atoms with E-state index in [-0.39, 0.29) is 30.2 Å². The molecule has 210 valence electrons. The molecule has 1 saturated heterocycles. The fourth-order valence-corrected chi connectivity index (χ4v) is 6.37. The van der Waals surface area contributed by atoms with E-state index < -0.39 is 5.60 Å². The normalized spacial score (nSPS) is 16.2. The molecule has 2 aliphatic rings. The van der Waals surface area contributed by atoms with Gasteiger partial charge in [-0.3, -0.25) is 4.90 Å². The Bertz CT molecular complexity index is 1330. The van der Waals surface area contributed by atoms with Crippen LogP contribution in [0.3, 0.4) is 0 Å². The molecule has 0 spiro atoms. The number of hydrogen-bond acceptors (Lipinski definition) is 4. The van der Waals surface area contributed by atoms with Gasteiger partial charge >= 0.3 is 12.2 Å². The topological polar surface area (TPSA) is 59.1 Å². The van der Waals surface area contributed by atoms with E-state index in [1.807, 2.05) is 68.1 Å². The molecule has 1 unspecified atom stereocenters. The van der Waals surface area contributed by atoms with Crippen molar-refractivity contribution in [3.63, 3.8) is 0 Å². The molecule has 0 N–H and O–H groups in total. The smallest absolute Gasteiger partial charge is 0.410 e. The molecule has 1 atom stereocenters. The molecule has 3 aromatic carbocycles. The van der Waals surface area contributed by atoms with Crippen LogP contribution in [0.1, 0.15) is 56.3 Å². The van der Waals surface area contributed by atoms with Crippen LogP contribution in [0.2, 0.25) is 5.02 Å². The molecule has 1 aliphatic carbocycles. The van der Waals surface area contributed by atoms with E-state index in [1.165, 1.54) is 7.11 Å². The van der Waals surface area contributed by atoms with E-state index in [4.69, 9.17) is 21.1 Å². The highest BCUT2D eigenvalue weighted by Gasteiger charge is 2.43. The number of hydrogen-bond donors (Lipinski definition) is 0. The fraction of sp³-hybridized carbons (Fsp3) is 0.394. The van der Waals surface area contributed by atoms with E-state index in [2.05, 4.69) is 30.3 Å². The monoisotopic (exact) mass is 560 g/mol. The largest absolute Gasteiger partial charge is 0.453 e. The third-order valence-corrected chi connectivity index (χ3v) is 8.13. The Morgan fingerprint density at radius 2 is 1.55 bits per heavy atom. The lowest BCUT2D eigenvalue weighted by molar-refractivity contribution is 0.0104. The molecule has 0 bridgehead atoms. The maximum absolute atomic E-state index is 13.8. The number of carbonyl (C=O) groups excluding carboxylic acids is 2. The second-order valence-electron chi connectivity index (χ2n) is 11.7. The van der Waals surface area contributed by atoms with Crippen LogP contribution in [0.4, 0.5) is 9.59 Å². The van der Waals surface area contributed by atoms with Crippen LogP contribution >= 0.6 is 11.6 Å². The number of piperidine rings is 1. The molecule has 0 radical (unpaired) electrons. The van der Waals surface area contributed by atoms with Crippen LogP contribution < -0.4 is 0 Å². The van der Waals surface area contributed by atoms with Crippen molar-refractivity contribution in [2.45, 2.75) is 57.7 Å². The van der Waals surface area contributed by atoms with Crippen molar-refractivity contribution in [2.75, 3.05) is 20.2 Å². The second-order valence-corrected chi connectivity index (χ2v) is 12.1. The summed E-state index contributed by atoms with van der Waals surface area (Å²) in [5.74, 6) is 0.136. The average molecular weight is 561 g/mol. The van der Waals surface area contributed by atoms with E-state index in [0.29, 0.717) is 24.5 Å². The molecule has 0 aromatic heterocycles. The fourth-order valence-electron chi connectivity index (χ4n) is 6.16. The number of likely N-dealkylation sites (tertiary alicyclic amines) is 1. The van der Waals surface area contributed by atoms with Gasteiger partial charge in [0.25, 0.3) is 0 Å². The highest BCUT2D eigenvalue weighted by molar-refractivity contribution is 6.30. The second kappa shape index (κ2) is 11.5. The van der Waals surface area contributed by atoms with E-state index in [1.54, 1.807) is 4.90 Å². The molecular formula is C33H37ClN2O4. The van der Waals surface area contributed by atoms with Gasteiger partial charge in [0.1, 0.15) is 5.60 Å². The van der Waals surface area contributed by atoms with Gasteiger partial charge in [-0.15, -0.1) is 0 Å². The lowest BCUT2D eigenvalue weighted by atomic mass is 9.83. The number of methoxy groups -OCH3 is 1. The Morgan fingerprint density at radius 1 is 0.950 bits per heavy atom. The molecule has 2 amide bonds. The summed E-state index contributed by atoms with van der Waals surface area (Å²) in [5, 5.41) is 0.664. The molecule has 7 heteroatoms. The number of carbonyl (C=O) groups is 2. The molecule has 1 heterocycles. The molecule has 40 heavy (non-hydrogen) atoms. The predicted molar refractivity (Wildman–Crippen MR) is 157 cm³/mol. The standard InChI is InChI=1S/C33H37ClN2O4/c1-33(2,3)40-31(37)35-18-16-23(17-19-35)29(21-22-10-9-11-24(34)20-22)36(32(38)39-4)30-27-14-7-5-12-25(27)26-13-6-8-15-28(26)30/h5-15,20,23,29-30H,16-19,21H2,1-4H3. The molecule has 0 saturated carbocycles. The highest BCUT2D eigenvalue weighted by Crippen LogP contribution is 2.48.